The molecule has 0 fully saturated rings. The summed E-state index contributed by atoms with van der Waals surface area (Å²) in [6.45, 7) is 6.79. The minimum absolute atomic E-state index is 0.0827. The summed E-state index contributed by atoms with van der Waals surface area (Å²) in [4.78, 5) is 19.9. The monoisotopic (exact) mass is 344 g/mol. The molecule has 0 aliphatic rings. The van der Waals surface area contributed by atoms with Crippen molar-refractivity contribution < 1.29 is 0 Å². The molecule has 5 heteroatoms. The minimum atomic E-state index is 0.0827. The molecular weight excluding hydrogens is 324 g/mol. The lowest BCUT2D eigenvalue weighted by Gasteiger charge is -2.12. The molecule has 0 amide bonds. The first-order chi connectivity index (χ1) is 11.1. The van der Waals surface area contributed by atoms with Gasteiger partial charge in [-0.15, -0.1) is 11.3 Å². The fourth-order valence-corrected chi connectivity index (χ4v) is 4.44. The molecule has 0 radical (unpaired) electrons. The molecule has 0 saturated carbocycles. The van der Waals surface area contributed by atoms with Gasteiger partial charge >= 0.3 is 0 Å². The van der Waals surface area contributed by atoms with Crippen LogP contribution in [0.2, 0.25) is 0 Å². The highest BCUT2D eigenvalue weighted by Gasteiger charge is 2.16. The highest BCUT2D eigenvalue weighted by molar-refractivity contribution is 7.99. The Bertz CT molecular complexity index is 881. The molecule has 0 bridgehead atoms. The van der Waals surface area contributed by atoms with Gasteiger partial charge in [0.25, 0.3) is 5.56 Å². The number of thiophene rings is 1. The predicted molar refractivity (Wildman–Crippen MR) is 99.9 cm³/mol. The summed E-state index contributed by atoms with van der Waals surface area (Å²) in [6.07, 6.45) is 1.06. The molecule has 3 nitrogen and oxygen atoms in total. The lowest BCUT2D eigenvalue weighted by molar-refractivity contribution is 0.659. The fraction of sp³-hybridized carbons (Fsp3) is 0.333. The van der Waals surface area contributed by atoms with Crippen LogP contribution in [0.15, 0.2) is 40.3 Å². The van der Waals surface area contributed by atoms with Gasteiger partial charge in [0.15, 0.2) is 5.16 Å². The van der Waals surface area contributed by atoms with Crippen molar-refractivity contribution in [3.8, 4) is 0 Å². The average molecular weight is 345 g/mol. The number of nitrogens with zero attached hydrogens (tertiary/aromatic N) is 2. The van der Waals surface area contributed by atoms with Gasteiger partial charge in [-0.2, -0.15) is 0 Å². The fourth-order valence-electron chi connectivity index (χ4n) is 2.52. The van der Waals surface area contributed by atoms with Crippen LogP contribution < -0.4 is 5.56 Å². The maximum Gasteiger partial charge on any atom is 0.263 e. The number of hydrogen-bond donors (Lipinski definition) is 0. The summed E-state index contributed by atoms with van der Waals surface area (Å²) < 4.78 is 1.83. The molecule has 0 spiro atoms. The van der Waals surface area contributed by atoms with Crippen molar-refractivity contribution in [3.05, 3.63) is 56.7 Å². The van der Waals surface area contributed by atoms with Gasteiger partial charge in [0.2, 0.25) is 0 Å². The zero-order chi connectivity index (χ0) is 16.4. The molecule has 0 atom stereocenters. The van der Waals surface area contributed by atoms with Crippen molar-refractivity contribution in [1.29, 1.82) is 0 Å². The zero-order valence-electron chi connectivity index (χ0n) is 13.6. The minimum Gasteiger partial charge on any atom is -0.283 e. The van der Waals surface area contributed by atoms with Gasteiger partial charge in [0.05, 0.1) is 11.9 Å². The molecule has 3 aromatic rings. The molecule has 0 N–H and O–H groups in total. The quantitative estimate of drug-likeness (QED) is 0.500. The number of aromatic nitrogens is 2. The van der Waals surface area contributed by atoms with Gasteiger partial charge in [-0.1, -0.05) is 49.0 Å². The second-order valence-electron chi connectivity index (χ2n) is 5.58. The van der Waals surface area contributed by atoms with E-state index in [1.54, 1.807) is 23.1 Å². The molecule has 1 aromatic carbocycles. The smallest absolute Gasteiger partial charge is 0.263 e. The summed E-state index contributed by atoms with van der Waals surface area (Å²) in [5, 5.41) is 1.61. The lowest BCUT2D eigenvalue weighted by atomic mass is 10.2. The second kappa shape index (κ2) is 6.89. The van der Waals surface area contributed by atoms with Crippen LogP contribution in [0, 0.1) is 13.8 Å². The third kappa shape index (κ3) is 3.21. The topological polar surface area (TPSA) is 34.9 Å². The van der Waals surface area contributed by atoms with Gasteiger partial charge in [0.1, 0.15) is 4.83 Å². The first-order valence-corrected chi connectivity index (χ1v) is 9.59. The van der Waals surface area contributed by atoms with Gasteiger partial charge in [0, 0.05) is 10.6 Å². The molecule has 23 heavy (non-hydrogen) atoms. The highest BCUT2D eigenvalue weighted by atomic mass is 32.2. The molecule has 0 saturated heterocycles. The molecule has 120 valence electrons. The van der Waals surface area contributed by atoms with Crippen LogP contribution in [0.25, 0.3) is 10.2 Å². The van der Waals surface area contributed by atoms with Crippen LogP contribution >= 0.6 is 23.1 Å². The van der Waals surface area contributed by atoms with Crippen LogP contribution in [0.5, 0.6) is 0 Å². The van der Waals surface area contributed by atoms with E-state index in [0.717, 1.165) is 38.7 Å². The molecule has 0 unspecified atom stereocenters. The third-order valence-corrected chi connectivity index (χ3v) is 6.16. The lowest BCUT2D eigenvalue weighted by Crippen LogP contribution is -2.24. The van der Waals surface area contributed by atoms with E-state index in [-0.39, 0.29) is 5.56 Å². The Kier molecular flexibility index (Phi) is 4.87. The summed E-state index contributed by atoms with van der Waals surface area (Å²) in [6, 6.07) is 10.1. The van der Waals surface area contributed by atoms with Gasteiger partial charge in [-0.3, -0.25) is 9.36 Å². The third-order valence-electron chi connectivity index (χ3n) is 3.87. The first-order valence-electron chi connectivity index (χ1n) is 7.79. The van der Waals surface area contributed by atoms with Gasteiger partial charge in [-0.05, 0) is 31.4 Å². The average Bonchev–Trinajstić information content (AvgIpc) is 2.84. The van der Waals surface area contributed by atoms with Crippen molar-refractivity contribution >= 4 is 33.3 Å². The van der Waals surface area contributed by atoms with Crippen molar-refractivity contribution in [2.45, 2.75) is 38.9 Å². The van der Waals surface area contributed by atoms with Crippen LogP contribution in [0.1, 0.15) is 29.3 Å². The van der Waals surface area contributed by atoms with E-state index in [0.29, 0.717) is 6.54 Å². The van der Waals surface area contributed by atoms with E-state index < -0.39 is 0 Å². The Morgan fingerprint density at radius 2 is 1.96 bits per heavy atom. The second-order valence-corrected chi connectivity index (χ2v) is 7.85. The number of thioether (sulfide) groups is 1. The van der Waals surface area contributed by atoms with E-state index in [2.05, 4.69) is 26.0 Å². The molecule has 2 aromatic heterocycles. The van der Waals surface area contributed by atoms with Gasteiger partial charge < -0.3 is 0 Å². The number of aryl methyl sites for hydroxylation is 2. The highest BCUT2D eigenvalue weighted by Crippen LogP contribution is 2.28. The summed E-state index contributed by atoms with van der Waals surface area (Å²) >= 11 is 3.29. The molecule has 0 aliphatic heterocycles. The number of hydrogen-bond acceptors (Lipinski definition) is 4. The van der Waals surface area contributed by atoms with Crippen molar-refractivity contribution in [2.24, 2.45) is 0 Å². The maximum absolute atomic E-state index is 13.1. The number of fused-ring (bicyclic) bond motifs is 1. The zero-order valence-corrected chi connectivity index (χ0v) is 15.3. The Labute approximate surface area is 144 Å². The Morgan fingerprint density at radius 1 is 1.22 bits per heavy atom. The SMILES string of the molecule is CCCSc1nc2sc(C)c(C)c2c(=O)n1Cc1ccccc1. The summed E-state index contributed by atoms with van der Waals surface area (Å²) in [7, 11) is 0. The van der Waals surface area contributed by atoms with Crippen molar-refractivity contribution in [2.75, 3.05) is 5.75 Å². The summed E-state index contributed by atoms with van der Waals surface area (Å²) in [5.74, 6) is 0.968. The summed E-state index contributed by atoms with van der Waals surface area (Å²) in [5.41, 5.74) is 2.27. The Morgan fingerprint density at radius 3 is 2.65 bits per heavy atom. The Hall–Kier alpha value is -1.59. The van der Waals surface area contributed by atoms with Crippen LogP contribution in [-0.2, 0) is 6.54 Å². The molecule has 3 rings (SSSR count). The van der Waals surface area contributed by atoms with E-state index >= 15 is 0 Å². The molecule has 2 heterocycles. The first kappa shape index (κ1) is 16.3. The number of rotatable bonds is 5. The van der Waals surface area contributed by atoms with Crippen LogP contribution in [0.3, 0.4) is 0 Å². The van der Waals surface area contributed by atoms with Crippen molar-refractivity contribution in [1.82, 2.24) is 9.55 Å². The van der Waals surface area contributed by atoms with E-state index in [1.807, 2.05) is 29.7 Å². The Balaban J connectivity index is 2.17. The van der Waals surface area contributed by atoms with E-state index in [1.165, 1.54) is 4.88 Å². The molecular formula is C18H20N2OS2. The normalized spacial score (nSPS) is 11.3. The molecule has 0 aliphatic carbocycles. The number of benzene rings is 1. The van der Waals surface area contributed by atoms with Crippen LogP contribution in [0.4, 0.5) is 0 Å². The van der Waals surface area contributed by atoms with Crippen molar-refractivity contribution in [3.63, 3.8) is 0 Å². The largest absolute Gasteiger partial charge is 0.283 e. The maximum atomic E-state index is 13.1. The predicted octanol–water partition coefficient (Wildman–Crippen LogP) is 4.63. The van der Waals surface area contributed by atoms with Gasteiger partial charge in [-0.25, -0.2) is 4.98 Å². The van der Waals surface area contributed by atoms with E-state index in [4.69, 9.17) is 4.98 Å². The standard InChI is InChI=1S/C18H20N2OS2/c1-4-10-22-18-19-16-15(12(2)13(3)23-16)17(21)20(18)11-14-8-6-5-7-9-14/h5-9H,4,10-11H2,1-3H3. The van der Waals surface area contributed by atoms with Crippen LogP contribution in [-0.4, -0.2) is 15.3 Å². The van der Waals surface area contributed by atoms with E-state index in [9.17, 15) is 4.79 Å².